The molecule has 0 bridgehead atoms. The van der Waals surface area contributed by atoms with Crippen LogP contribution in [0.5, 0.6) is 0 Å². The fourth-order valence-corrected chi connectivity index (χ4v) is 2.47. The smallest absolute Gasteiger partial charge is 0.228 e. The van der Waals surface area contributed by atoms with Crippen molar-refractivity contribution < 1.29 is 4.42 Å². The first kappa shape index (κ1) is 11.3. The van der Waals surface area contributed by atoms with E-state index in [0.29, 0.717) is 11.6 Å². The lowest BCUT2D eigenvalue weighted by Gasteiger charge is -2.00. The second kappa shape index (κ2) is 4.14. The minimum atomic E-state index is 0.603. The van der Waals surface area contributed by atoms with Crippen molar-refractivity contribution in [1.29, 1.82) is 0 Å². The Morgan fingerprint density at radius 3 is 2.78 bits per heavy atom. The molecule has 3 rings (SSSR count). The Balaban J connectivity index is 2.23. The maximum absolute atomic E-state index is 5.82. The van der Waals surface area contributed by atoms with Crippen LogP contribution in [-0.4, -0.2) is 4.98 Å². The number of hydrogen-bond acceptors (Lipinski definition) is 3. The van der Waals surface area contributed by atoms with Crippen LogP contribution in [0.25, 0.3) is 22.6 Å². The summed E-state index contributed by atoms with van der Waals surface area (Å²) in [7, 11) is 0. The molecule has 18 heavy (non-hydrogen) atoms. The number of benzene rings is 2. The van der Waals surface area contributed by atoms with Crippen molar-refractivity contribution >= 4 is 32.7 Å². The zero-order chi connectivity index (χ0) is 12.7. The molecule has 0 fully saturated rings. The lowest BCUT2D eigenvalue weighted by atomic mass is 10.2. The van der Waals surface area contributed by atoms with Crippen molar-refractivity contribution in [1.82, 2.24) is 4.98 Å². The van der Waals surface area contributed by atoms with Gasteiger partial charge in [-0.15, -0.1) is 0 Å². The average Bonchev–Trinajstić information content (AvgIpc) is 2.74. The van der Waals surface area contributed by atoms with Crippen LogP contribution in [0.2, 0.25) is 0 Å². The molecular weight excluding hydrogens is 292 g/mol. The molecule has 0 unspecified atom stereocenters. The summed E-state index contributed by atoms with van der Waals surface area (Å²) in [6.45, 7) is 2.01. The highest BCUT2D eigenvalue weighted by Crippen LogP contribution is 2.32. The number of nitrogen functional groups attached to an aromatic ring is 1. The Morgan fingerprint density at radius 1 is 1.22 bits per heavy atom. The number of nitrogens with zero attached hydrogens (tertiary/aromatic N) is 1. The molecule has 2 N–H and O–H groups in total. The monoisotopic (exact) mass is 302 g/mol. The third kappa shape index (κ3) is 1.78. The molecule has 3 aromatic rings. The predicted octanol–water partition coefficient (Wildman–Crippen LogP) is 4.15. The van der Waals surface area contributed by atoms with E-state index in [-0.39, 0.29) is 0 Å². The van der Waals surface area contributed by atoms with Crippen LogP contribution in [0.3, 0.4) is 0 Å². The Bertz CT molecular complexity index is 734. The molecule has 0 aliphatic heterocycles. The number of hydrogen-bond donors (Lipinski definition) is 1. The minimum absolute atomic E-state index is 0.603. The number of aromatic nitrogens is 1. The number of anilines is 1. The van der Waals surface area contributed by atoms with Crippen molar-refractivity contribution in [3.8, 4) is 11.5 Å². The molecule has 0 spiro atoms. The fourth-order valence-electron chi connectivity index (χ4n) is 1.91. The van der Waals surface area contributed by atoms with Gasteiger partial charge in [0, 0.05) is 10.2 Å². The van der Waals surface area contributed by atoms with Gasteiger partial charge in [-0.05, 0) is 52.7 Å². The summed E-state index contributed by atoms with van der Waals surface area (Å²) >= 11 is 3.48. The normalized spacial score (nSPS) is 11.0. The van der Waals surface area contributed by atoms with E-state index in [0.717, 1.165) is 26.7 Å². The van der Waals surface area contributed by atoms with Gasteiger partial charge in [0.1, 0.15) is 5.52 Å². The van der Waals surface area contributed by atoms with Gasteiger partial charge in [0.25, 0.3) is 0 Å². The van der Waals surface area contributed by atoms with E-state index >= 15 is 0 Å². The number of rotatable bonds is 1. The lowest BCUT2D eigenvalue weighted by Crippen LogP contribution is -1.86. The van der Waals surface area contributed by atoms with E-state index in [9.17, 15) is 0 Å². The molecule has 0 saturated heterocycles. The van der Waals surface area contributed by atoms with Crippen LogP contribution in [0.4, 0.5) is 5.69 Å². The molecule has 0 atom stereocenters. The zero-order valence-corrected chi connectivity index (χ0v) is 11.4. The molecule has 3 nitrogen and oxygen atoms in total. The first-order valence-corrected chi connectivity index (χ1v) is 6.36. The molecule has 0 amide bonds. The van der Waals surface area contributed by atoms with E-state index in [1.165, 1.54) is 0 Å². The van der Waals surface area contributed by atoms with Gasteiger partial charge in [0.2, 0.25) is 5.89 Å². The molecule has 0 aliphatic rings. The van der Waals surface area contributed by atoms with Gasteiger partial charge in [-0.3, -0.25) is 0 Å². The number of para-hydroxylation sites is 1. The third-order valence-corrected chi connectivity index (χ3v) is 3.49. The topological polar surface area (TPSA) is 52.0 Å². The van der Waals surface area contributed by atoms with Gasteiger partial charge >= 0.3 is 0 Å². The first-order valence-electron chi connectivity index (χ1n) is 5.57. The third-order valence-electron chi connectivity index (χ3n) is 2.84. The van der Waals surface area contributed by atoms with E-state index in [1.807, 2.05) is 43.3 Å². The maximum atomic E-state index is 5.82. The zero-order valence-electron chi connectivity index (χ0n) is 9.77. The van der Waals surface area contributed by atoms with E-state index < -0.39 is 0 Å². The van der Waals surface area contributed by atoms with Crippen LogP contribution in [0.15, 0.2) is 45.3 Å². The average molecular weight is 303 g/mol. The molecule has 1 heterocycles. The Hall–Kier alpha value is -1.81. The van der Waals surface area contributed by atoms with Crippen molar-refractivity contribution in [2.24, 2.45) is 0 Å². The summed E-state index contributed by atoms with van der Waals surface area (Å²) in [5, 5.41) is 0. The van der Waals surface area contributed by atoms with Gasteiger partial charge in [-0.1, -0.05) is 12.1 Å². The van der Waals surface area contributed by atoms with E-state index in [1.54, 1.807) is 0 Å². The first-order chi connectivity index (χ1) is 8.65. The summed E-state index contributed by atoms with van der Waals surface area (Å²) in [5.41, 5.74) is 10.1. The second-order valence-electron chi connectivity index (χ2n) is 4.18. The van der Waals surface area contributed by atoms with E-state index in [4.69, 9.17) is 10.2 Å². The SMILES string of the molecule is Cc1cccc2nc(-c3ccc(N)cc3Br)oc12. The summed E-state index contributed by atoms with van der Waals surface area (Å²) in [4.78, 5) is 4.50. The van der Waals surface area contributed by atoms with Crippen molar-refractivity contribution in [2.45, 2.75) is 6.92 Å². The Labute approximate surface area is 113 Å². The molecule has 0 aliphatic carbocycles. The highest BCUT2D eigenvalue weighted by molar-refractivity contribution is 9.10. The van der Waals surface area contributed by atoms with E-state index in [2.05, 4.69) is 20.9 Å². The van der Waals surface area contributed by atoms with Crippen LogP contribution < -0.4 is 5.73 Å². The maximum Gasteiger partial charge on any atom is 0.228 e. The second-order valence-corrected chi connectivity index (χ2v) is 5.04. The highest BCUT2D eigenvalue weighted by Gasteiger charge is 2.12. The van der Waals surface area contributed by atoms with Gasteiger partial charge < -0.3 is 10.2 Å². The number of oxazole rings is 1. The predicted molar refractivity (Wildman–Crippen MR) is 76.3 cm³/mol. The van der Waals surface area contributed by atoms with Crippen LogP contribution in [-0.2, 0) is 0 Å². The summed E-state index contributed by atoms with van der Waals surface area (Å²) in [6, 6.07) is 11.5. The molecule has 0 radical (unpaired) electrons. The minimum Gasteiger partial charge on any atom is -0.436 e. The van der Waals surface area contributed by atoms with Crippen molar-refractivity contribution in [2.75, 3.05) is 5.73 Å². The van der Waals surface area contributed by atoms with Crippen molar-refractivity contribution in [3.63, 3.8) is 0 Å². The molecular formula is C14H11BrN2O. The number of fused-ring (bicyclic) bond motifs is 1. The highest BCUT2D eigenvalue weighted by atomic mass is 79.9. The largest absolute Gasteiger partial charge is 0.436 e. The van der Waals surface area contributed by atoms with Gasteiger partial charge in [0.15, 0.2) is 5.58 Å². The number of halogens is 1. The Morgan fingerprint density at radius 2 is 2.06 bits per heavy atom. The van der Waals surface area contributed by atoms with Gasteiger partial charge in [-0.25, -0.2) is 4.98 Å². The number of nitrogens with two attached hydrogens (primary N) is 1. The summed E-state index contributed by atoms with van der Waals surface area (Å²) in [5.74, 6) is 0.603. The van der Waals surface area contributed by atoms with Gasteiger partial charge in [-0.2, -0.15) is 0 Å². The van der Waals surface area contributed by atoms with Gasteiger partial charge in [0.05, 0.1) is 5.56 Å². The summed E-state index contributed by atoms with van der Waals surface area (Å²) in [6.07, 6.45) is 0. The molecule has 2 aromatic carbocycles. The Kier molecular flexibility index (Phi) is 2.59. The van der Waals surface area contributed by atoms with Crippen LogP contribution in [0.1, 0.15) is 5.56 Å². The van der Waals surface area contributed by atoms with Crippen molar-refractivity contribution in [3.05, 3.63) is 46.4 Å². The molecule has 1 aromatic heterocycles. The van der Waals surface area contributed by atoms with Crippen LogP contribution in [0, 0.1) is 6.92 Å². The fraction of sp³-hybridized carbons (Fsp3) is 0.0714. The lowest BCUT2D eigenvalue weighted by molar-refractivity contribution is 0.617. The number of aryl methyl sites for hydroxylation is 1. The quantitative estimate of drug-likeness (QED) is 0.687. The van der Waals surface area contributed by atoms with Crippen LogP contribution >= 0.6 is 15.9 Å². The molecule has 90 valence electrons. The summed E-state index contributed by atoms with van der Waals surface area (Å²) < 4.78 is 6.70. The molecule has 0 saturated carbocycles. The standard InChI is InChI=1S/C14H11BrN2O/c1-8-3-2-4-12-13(8)18-14(17-12)10-6-5-9(16)7-11(10)15/h2-7H,16H2,1H3. The molecule has 4 heteroatoms.